The second-order valence-electron chi connectivity index (χ2n) is 6.57. The first-order valence-electron chi connectivity index (χ1n) is 9.22. The standard InChI is InChI=1S/C21H18FN5O4/c1-30-15-7-8-16(19(9-15)31-2)24-20(28)11-26-21(29)18-10-17(25-27(18)12-23-26)13-3-5-14(22)6-4-13/h3-10,12H,11H2,1-2H3,(H,24,28). The number of nitrogens with zero attached hydrogens (tertiary/aromatic N) is 4. The molecule has 0 unspecified atom stereocenters. The third-order valence-corrected chi connectivity index (χ3v) is 4.61. The summed E-state index contributed by atoms with van der Waals surface area (Å²) in [5.41, 5.74) is 1.33. The van der Waals surface area contributed by atoms with E-state index in [4.69, 9.17) is 9.47 Å². The van der Waals surface area contributed by atoms with Crippen LogP contribution in [-0.4, -0.2) is 39.5 Å². The number of carbonyl (C=O) groups is 1. The second-order valence-corrected chi connectivity index (χ2v) is 6.57. The molecule has 0 aliphatic rings. The third kappa shape index (κ3) is 4.08. The van der Waals surface area contributed by atoms with Gasteiger partial charge in [0.1, 0.15) is 35.7 Å². The highest BCUT2D eigenvalue weighted by atomic mass is 19.1. The summed E-state index contributed by atoms with van der Waals surface area (Å²) in [5.74, 6) is 0.177. The summed E-state index contributed by atoms with van der Waals surface area (Å²) in [7, 11) is 3.00. The molecule has 0 aliphatic carbocycles. The number of aromatic nitrogens is 4. The van der Waals surface area contributed by atoms with Crippen molar-refractivity contribution >= 4 is 17.1 Å². The van der Waals surface area contributed by atoms with Crippen molar-refractivity contribution in [2.24, 2.45) is 0 Å². The van der Waals surface area contributed by atoms with Crippen molar-refractivity contribution in [3.05, 3.63) is 71.0 Å². The van der Waals surface area contributed by atoms with Crippen LogP contribution in [0.25, 0.3) is 16.8 Å². The van der Waals surface area contributed by atoms with E-state index < -0.39 is 11.5 Å². The van der Waals surface area contributed by atoms with Gasteiger partial charge in [0.2, 0.25) is 5.91 Å². The van der Waals surface area contributed by atoms with Gasteiger partial charge in [0.05, 0.1) is 25.6 Å². The molecule has 0 saturated carbocycles. The predicted molar refractivity (Wildman–Crippen MR) is 111 cm³/mol. The van der Waals surface area contributed by atoms with Gasteiger partial charge in [0.15, 0.2) is 0 Å². The second kappa shape index (κ2) is 8.27. The van der Waals surface area contributed by atoms with E-state index >= 15 is 0 Å². The summed E-state index contributed by atoms with van der Waals surface area (Å²) in [5, 5.41) is 11.0. The Morgan fingerprint density at radius 2 is 1.87 bits per heavy atom. The number of carbonyl (C=O) groups excluding carboxylic acids is 1. The molecule has 0 atom stereocenters. The molecule has 4 aromatic rings. The third-order valence-electron chi connectivity index (χ3n) is 4.61. The highest BCUT2D eigenvalue weighted by Crippen LogP contribution is 2.29. The molecular weight excluding hydrogens is 405 g/mol. The Morgan fingerprint density at radius 3 is 2.58 bits per heavy atom. The van der Waals surface area contributed by atoms with Crippen molar-refractivity contribution in [1.82, 2.24) is 19.4 Å². The maximum absolute atomic E-state index is 13.1. The van der Waals surface area contributed by atoms with Crippen LogP contribution < -0.4 is 20.3 Å². The monoisotopic (exact) mass is 423 g/mol. The average Bonchev–Trinajstić information content (AvgIpc) is 3.21. The van der Waals surface area contributed by atoms with Gasteiger partial charge in [-0.15, -0.1) is 0 Å². The molecule has 10 heteroatoms. The number of hydrogen-bond donors (Lipinski definition) is 1. The van der Waals surface area contributed by atoms with Crippen LogP contribution in [-0.2, 0) is 11.3 Å². The normalized spacial score (nSPS) is 10.8. The molecule has 0 aliphatic heterocycles. The topological polar surface area (TPSA) is 99.8 Å². The number of rotatable bonds is 6. The Hall–Kier alpha value is -4.21. The number of ether oxygens (including phenoxy) is 2. The van der Waals surface area contributed by atoms with Gasteiger partial charge in [-0.2, -0.15) is 10.2 Å². The Morgan fingerprint density at radius 1 is 1.10 bits per heavy atom. The number of methoxy groups -OCH3 is 2. The van der Waals surface area contributed by atoms with Crippen LogP contribution in [0.4, 0.5) is 10.1 Å². The fourth-order valence-electron chi connectivity index (χ4n) is 3.04. The first kappa shape index (κ1) is 20.1. The van der Waals surface area contributed by atoms with Gasteiger partial charge in [-0.3, -0.25) is 9.59 Å². The molecule has 2 heterocycles. The van der Waals surface area contributed by atoms with Gasteiger partial charge in [-0.25, -0.2) is 13.6 Å². The molecule has 2 aromatic carbocycles. The Balaban J connectivity index is 1.57. The highest BCUT2D eigenvalue weighted by molar-refractivity contribution is 5.92. The van der Waals surface area contributed by atoms with Crippen LogP contribution in [0.2, 0.25) is 0 Å². The van der Waals surface area contributed by atoms with Crippen LogP contribution in [0.3, 0.4) is 0 Å². The Labute approximate surface area is 175 Å². The summed E-state index contributed by atoms with van der Waals surface area (Å²) >= 11 is 0. The van der Waals surface area contributed by atoms with Gasteiger partial charge in [-0.1, -0.05) is 0 Å². The zero-order valence-corrected chi connectivity index (χ0v) is 16.7. The van der Waals surface area contributed by atoms with Gasteiger partial charge in [0.25, 0.3) is 5.56 Å². The number of amides is 1. The molecule has 1 amide bonds. The fourth-order valence-corrected chi connectivity index (χ4v) is 3.04. The Bertz CT molecular complexity index is 1310. The van der Waals surface area contributed by atoms with Crippen molar-refractivity contribution in [3.63, 3.8) is 0 Å². The minimum Gasteiger partial charge on any atom is -0.497 e. The molecule has 158 valence electrons. The highest BCUT2D eigenvalue weighted by Gasteiger charge is 2.14. The summed E-state index contributed by atoms with van der Waals surface area (Å²) in [6.45, 7) is -0.304. The molecule has 0 bridgehead atoms. The first-order valence-corrected chi connectivity index (χ1v) is 9.22. The molecule has 1 N–H and O–H groups in total. The zero-order valence-electron chi connectivity index (χ0n) is 16.7. The van der Waals surface area contributed by atoms with Crippen LogP contribution in [0.1, 0.15) is 0 Å². The van der Waals surface area contributed by atoms with Crippen molar-refractivity contribution in [2.75, 3.05) is 19.5 Å². The lowest BCUT2D eigenvalue weighted by Gasteiger charge is -2.12. The Kier molecular flexibility index (Phi) is 5.35. The maximum atomic E-state index is 13.1. The van der Waals surface area contributed by atoms with Crippen molar-refractivity contribution in [3.8, 4) is 22.8 Å². The lowest BCUT2D eigenvalue weighted by Crippen LogP contribution is -2.30. The van der Waals surface area contributed by atoms with Crippen LogP contribution >= 0.6 is 0 Å². The van der Waals surface area contributed by atoms with E-state index in [0.29, 0.717) is 28.4 Å². The minimum absolute atomic E-state index is 0.240. The molecule has 31 heavy (non-hydrogen) atoms. The number of hydrogen-bond acceptors (Lipinski definition) is 6. The van der Waals surface area contributed by atoms with Crippen LogP contribution in [0, 0.1) is 5.82 Å². The molecule has 0 fully saturated rings. The molecule has 9 nitrogen and oxygen atoms in total. The van der Waals surface area contributed by atoms with E-state index in [0.717, 1.165) is 4.68 Å². The quantitative estimate of drug-likeness (QED) is 0.511. The summed E-state index contributed by atoms with van der Waals surface area (Å²) in [4.78, 5) is 25.3. The van der Waals surface area contributed by atoms with E-state index in [1.807, 2.05) is 0 Å². The van der Waals surface area contributed by atoms with Crippen LogP contribution in [0.5, 0.6) is 11.5 Å². The average molecular weight is 423 g/mol. The lowest BCUT2D eigenvalue weighted by molar-refractivity contribution is -0.117. The molecule has 0 spiro atoms. The van der Waals surface area contributed by atoms with E-state index in [1.54, 1.807) is 36.4 Å². The smallest absolute Gasteiger partial charge is 0.293 e. The SMILES string of the molecule is COc1ccc(NC(=O)Cn2ncn3nc(-c4ccc(F)cc4)cc3c2=O)c(OC)c1. The fraction of sp³-hybridized carbons (Fsp3) is 0.143. The maximum Gasteiger partial charge on any atom is 0.293 e. The summed E-state index contributed by atoms with van der Waals surface area (Å²) < 4.78 is 25.9. The van der Waals surface area contributed by atoms with E-state index in [-0.39, 0.29) is 17.9 Å². The van der Waals surface area contributed by atoms with Crippen LogP contribution in [0.15, 0.2) is 59.7 Å². The molecule has 0 saturated heterocycles. The van der Waals surface area contributed by atoms with Crippen molar-refractivity contribution in [2.45, 2.75) is 6.54 Å². The largest absolute Gasteiger partial charge is 0.497 e. The molecular formula is C21H18FN5O4. The number of anilines is 1. The lowest BCUT2D eigenvalue weighted by atomic mass is 10.1. The molecule has 2 aromatic heterocycles. The minimum atomic E-state index is -0.486. The number of halogens is 1. The van der Waals surface area contributed by atoms with Gasteiger partial charge >= 0.3 is 0 Å². The zero-order chi connectivity index (χ0) is 22.0. The predicted octanol–water partition coefficient (Wildman–Crippen LogP) is 2.35. The summed E-state index contributed by atoms with van der Waals surface area (Å²) in [6, 6.07) is 12.3. The summed E-state index contributed by atoms with van der Waals surface area (Å²) in [6.07, 6.45) is 1.34. The van der Waals surface area contributed by atoms with E-state index in [9.17, 15) is 14.0 Å². The van der Waals surface area contributed by atoms with Gasteiger partial charge in [0, 0.05) is 11.6 Å². The number of fused-ring (bicyclic) bond motifs is 1. The first-order chi connectivity index (χ1) is 15.0. The number of nitrogens with one attached hydrogen (secondary N) is 1. The van der Waals surface area contributed by atoms with E-state index in [1.165, 1.54) is 37.2 Å². The molecule has 0 radical (unpaired) electrons. The van der Waals surface area contributed by atoms with Gasteiger partial charge < -0.3 is 14.8 Å². The van der Waals surface area contributed by atoms with Crippen molar-refractivity contribution < 1.29 is 18.7 Å². The van der Waals surface area contributed by atoms with E-state index in [2.05, 4.69) is 15.5 Å². The number of benzene rings is 2. The molecule has 4 rings (SSSR count). The van der Waals surface area contributed by atoms with Gasteiger partial charge in [-0.05, 0) is 42.5 Å². The van der Waals surface area contributed by atoms with Crippen molar-refractivity contribution in [1.29, 1.82) is 0 Å².